The molecular weight excluding hydrogens is 132 g/mol. The first-order chi connectivity index (χ1) is 4.30. The predicted molar refractivity (Wildman–Crippen MR) is 40.2 cm³/mol. The highest BCUT2D eigenvalue weighted by Gasteiger charge is 1.88. The van der Waals surface area contributed by atoms with Gasteiger partial charge in [-0.1, -0.05) is 42.4 Å². The molecule has 0 aliphatic carbocycles. The normalized spacial score (nSPS) is 9.00. The van der Waals surface area contributed by atoms with Crippen molar-refractivity contribution < 1.29 is 0 Å². The molecule has 0 atom stereocenters. The highest BCUT2D eigenvalue weighted by atomic mass is 35.5. The van der Waals surface area contributed by atoms with Gasteiger partial charge in [0, 0.05) is 5.03 Å². The fourth-order valence-electron chi connectivity index (χ4n) is 0.568. The molecule has 0 aliphatic rings. The van der Waals surface area contributed by atoms with Crippen molar-refractivity contribution in [2.45, 2.75) is 0 Å². The second kappa shape index (κ2) is 2.70. The SMILES string of the molecule is C=C(Cl)c1cc[c]cc1. The molecule has 1 rings (SSSR count). The largest absolute Gasteiger partial charge is 0.0843 e. The molecule has 0 fully saturated rings. The summed E-state index contributed by atoms with van der Waals surface area (Å²) in [6.45, 7) is 3.58. The fourth-order valence-corrected chi connectivity index (χ4v) is 0.694. The summed E-state index contributed by atoms with van der Waals surface area (Å²) < 4.78 is 0. The van der Waals surface area contributed by atoms with Gasteiger partial charge in [0.2, 0.25) is 0 Å². The lowest BCUT2D eigenvalue weighted by molar-refractivity contribution is 1.64. The van der Waals surface area contributed by atoms with Gasteiger partial charge in [0.25, 0.3) is 0 Å². The van der Waals surface area contributed by atoms with Gasteiger partial charge in [-0.2, -0.15) is 0 Å². The van der Waals surface area contributed by atoms with Crippen molar-refractivity contribution in [1.82, 2.24) is 0 Å². The zero-order valence-electron chi connectivity index (χ0n) is 4.89. The smallest absolute Gasteiger partial charge is 0.0406 e. The van der Waals surface area contributed by atoms with E-state index >= 15 is 0 Å². The molecule has 1 aromatic carbocycles. The third kappa shape index (κ3) is 1.58. The molecule has 0 N–H and O–H groups in total. The second-order valence-corrected chi connectivity index (χ2v) is 2.15. The van der Waals surface area contributed by atoms with E-state index in [4.69, 9.17) is 11.6 Å². The Morgan fingerprint density at radius 3 is 2.33 bits per heavy atom. The first kappa shape index (κ1) is 6.37. The van der Waals surface area contributed by atoms with E-state index in [2.05, 4.69) is 12.6 Å². The van der Waals surface area contributed by atoms with E-state index in [1.54, 1.807) is 0 Å². The van der Waals surface area contributed by atoms with E-state index in [-0.39, 0.29) is 0 Å². The molecule has 1 heteroatoms. The van der Waals surface area contributed by atoms with Crippen molar-refractivity contribution in [1.29, 1.82) is 0 Å². The van der Waals surface area contributed by atoms with Crippen LogP contribution in [0, 0.1) is 6.07 Å². The summed E-state index contributed by atoms with van der Waals surface area (Å²) in [5.74, 6) is 0. The monoisotopic (exact) mass is 137 g/mol. The van der Waals surface area contributed by atoms with E-state index in [1.807, 2.05) is 24.3 Å². The van der Waals surface area contributed by atoms with E-state index in [0.717, 1.165) is 5.56 Å². The van der Waals surface area contributed by atoms with Gasteiger partial charge in [-0.05, 0) is 11.6 Å². The third-order valence-corrected chi connectivity index (χ3v) is 1.25. The van der Waals surface area contributed by atoms with Crippen molar-refractivity contribution in [3.63, 3.8) is 0 Å². The van der Waals surface area contributed by atoms with Crippen molar-refractivity contribution in [2.75, 3.05) is 0 Å². The summed E-state index contributed by atoms with van der Waals surface area (Å²) in [7, 11) is 0. The Morgan fingerprint density at radius 1 is 1.44 bits per heavy atom. The van der Waals surface area contributed by atoms with Crippen LogP contribution in [-0.2, 0) is 0 Å². The maximum Gasteiger partial charge on any atom is 0.0406 e. The lowest BCUT2D eigenvalue weighted by Crippen LogP contribution is -1.70. The average molecular weight is 138 g/mol. The number of hydrogen-bond donors (Lipinski definition) is 0. The van der Waals surface area contributed by atoms with Crippen LogP contribution >= 0.6 is 11.6 Å². The summed E-state index contributed by atoms with van der Waals surface area (Å²) in [4.78, 5) is 0. The Bertz CT molecular complexity index is 201. The molecule has 0 spiro atoms. The summed E-state index contributed by atoms with van der Waals surface area (Å²) in [6, 6.07) is 10.2. The second-order valence-electron chi connectivity index (χ2n) is 1.69. The van der Waals surface area contributed by atoms with Crippen molar-refractivity contribution >= 4 is 16.6 Å². The molecule has 0 aromatic heterocycles. The molecule has 0 amide bonds. The van der Waals surface area contributed by atoms with Crippen molar-refractivity contribution in [3.05, 3.63) is 42.5 Å². The van der Waals surface area contributed by atoms with E-state index in [0.29, 0.717) is 5.03 Å². The van der Waals surface area contributed by atoms with E-state index < -0.39 is 0 Å². The lowest BCUT2D eigenvalue weighted by Gasteiger charge is -1.92. The predicted octanol–water partition coefficient (Wildman–Crippen LogP) is 2.70. The van der Waals surface area contributed by atoms with Crippen LogP contribution in [0.5, 0.6) is 0 Å². The Balaban J connectivity index is 2.98. The van der Waals surface area contributed by atoms with Gasteiger partial charge in [-0.3, -0.25) is 0 Å². The first-order valence-electron chi connectivity index (χ1n) is 2.61. The molecule has 9 heavy (non-hydrogen) atoms. The minimum atomic E-state index is 0.573. The third-order valence-electron chi connectivity index (χ3n) is 1.03. The molecule has 0 unspecified atom stereocenters. The van der Waals surface area contributed by atoms with Crippen LogP contribution in [0.2, 0.25) is 0 Å². The molecule has 1 radical (unpaired) electrons. The Kier molecular flexibility index (Phi) is 1.91. The number of halogens is 1. The molecule has 0 nitrogen and oxygen atoms in total. The molecular formula is C8H6Cl. The van der Waals surface area contributed by atoms with Crippen LogP contribution in [-0.4, -0.2) is 0 Å². The summed E-state index contributed by atoms with van der Waals surface area (Å²) in [6.07, 6.45) is 0. The van der Waals surface area contributed by atoms with E-state index in [9.17, 15) is 0 Å². The van der Waals surface area contributed by atoms with Crippen molar-refractivity contribution in [3.8, 4) is 0 Å². The maximum atomic E-state index is 5.59. The number of hydrogen-bond acceptors (Lipinski definition) is 0. The topological polar surface area (TPSA) is 0 Å². The van der Waals surface area contributed by atoms with Gasteiger partial charge < -0.3 is 0 Å². The van der Waals surface area contributed by atoms with E-state index in [1.165, 1.54) is 0 Å². The van der Waals surface area contributed by atoms with Crippen LogP contribution in [0.3, 0.4) is 0 Å². The molecule has 0 heterocycles. The zero-order chi connectivity index (χ0) is 6.69. The van der Waals surface area contributed by atoms with Crippen LogP contribution in [0.15, 0.2) is 30.8 Å². The summed E-state index contributed by atoms with van der Waals surface area (Å²) >= 11 is 5.59. The van der Waals surface area contributed by atoms with Gasteiger partial charge in [0.15, 0.2) is 0 Å². The van der Waals surface area contributed by atoms with Crippen LogP contribution in [0.4, 0.5) is 0 Å². The zero-order valence-corrected chi connectivity index (χ0v) is 5.65. The molecule has 0 saturated carbocycles. The highest BCUT2D eigenvalue weighted by Crippen LogP contribution is 2.14. The van der Waals surface area contributed by atoms with Gasteiger partial charge in [-0.25, -0.2) is 0 Å². The average Bonchev–Trinajstić information content (AvgIpc) is 1.90. The van der Waals surface area contributed by atoms with Gasteiger partial charge in [0.05, 0.1) is 0 Å². The van der Waals surface area contributed by atoms with Gasteiger partial charge >= 0.3 is 0 Å². The lowest BCUT2D eigenvalue weighted by atomic mass is 10.2. The Morgan fingerprint density at radius 2 is 2.00 bits per heavy atom. The number of rotatable bonds is 1. The highest BCUT2D eigenvalue weighted by molar-refractivity contribution is 6.48. The molecule has 0 bridgehead atoms. The standard InChI is InChI=1S/C8H6Cl/c1-7(9)8-5-3-2-4-6-8/h3-6H,1H2. The fraction of sp³-hybridized carbons (Fsp3) is 0. The van der Waals surface area contributed by atoms with Crippen LogP contribution in [0.1, 0.15) is 5.56 Å². The maximum absolute atomic E-state index is 5.59. The molecule has 45 valence electrons. The van der Waals surface area contributed by atoms with Crippen LogP contribution in [0.25, 0.3) is 5.03 Å². The molecule has 1 aromatic rings. The summed E-state index contributed by atoms with van der Waals surface area (Å²) in [5, 5.41) is 0.573. The van der Waals surface area contributed by atoms with Gasteiger partial charge in [-0.15, -0.1) is 0 Å². The quantitative estimate of drug-likeness (QED) is 0.558. The Hall–Kier alpha value is -0.750. The molecule has 0 saturated heterocycles. The van der Waals surface area contributed by atoms with Crippen LogP contribution < -0.4 is 0 Å². The minimum Gasteiger partial charge on any atom is -0.0843 e. The van der Waals surface area contributed by atoms with Gasteiger partial charge in [0.1, 0.15) is 0 Å². The summed E-state index contributed by atoms with van der Waals surface area (Å²) in [5.41, 5.74) is 0.954. The first-order valence-corrected chi connectivity index (χ1v) is 2.99. The molecule has 0 aliphatic heterocycles. The minimum absolute atomic E-state index is 0.573. The number of benzene rings is 1. The Labute approximate surface area is 59.8 Å². The van der Waals surface area contributed by atoms with Crippen molar-refractivity contribution in [2.24, 2.45) is 0 Å².